The number of nitrogens with zero attached hydrogens (tertiary/aromatic N) is 1. The highest BCUT2D eigenvalue weighted by atomic mass is 35.5. The Kier molecular flexibility index (Phi) is 9.24. The number of carbonyl (C=O) groups is 3. The molecule has 3 N–H and O–H groups in total. The van der Waals surface area contributed by atoms with Crippen LogP contribution in [-0.2, 0) is 14.4 Å². The first-order valence-electron chi connectivity index (χ1n) is 10.5. The van der Waals surface area contributed by atoms with Gasteiger partial charge >= 0.3 is 11.8 Å². The van der Waals surface area contributed by atoms with Crippen LogP contribution in [0.1, 0.15) is 5.56 Å². The Balaban J connectivity index is 1.46. The number of methoxy groups -OCH3 is 2. The van der Waals surface area contributed by atoms with Gasteiger partial charge in [-0.3, -0.25) is 14.4 Å². The molecule has 0 aliphatic rings. The number of hydrogen-bond acceptors (Lipinski definition) is 7. The summed E-state index contributed by atoms with van der Waals surface area (Å²) in [4.78, 5) is 36.3. The van der Waals surface area contributed by atoms with Crippen LogP contribution in [0.2, 0.25) is 5.02 Å². The van der Waals surface area contributed by atoms with E-state index in [-0.39, 0.29) is 18.2 Å². The minimum atomic E-state index is -0.978. The second kappa shape index (κ2) is 12.8. The van der Waals surface area contributed by atoms with Gasteiger partial charge in [0.15, 0.2) is 6.61 Å². The SMILES string of the molecule is COc1ccccc1NC(=O)COc1ccc(/C=N\NC(=O)C(=O)Nc2cc(Cl)ccc2OC)cc1. The van der Waals surface area contributed by atoms with Gasteiger partial charge < -0.3 is 24.8 Å². The molecule has 0 heterocycles. The summed E-state index contributed by atoms with van der Waals surface area (Å²) in [6.45, 7) is -0.200. The first-order chi connectivity index (χ1) is 17.4. The number of benzene rings is 3. The van der Waals surface area contributed by atoms with Crippen molar-refractivity contribution in [3.63, 3.8) is 0 Å². The molecular weight excluding hydrogens is 488 g/mol. The maximum Gasteiger partial charge on any atom is 0.329 e. The van der Waals surface area contributed by atoms with Crippen molar-refractivity contribution < 1.29 is 28.6 Å². The number of para-hydroxylation sites is 2. The summed E-state index contributed by atoms with van der Waals surface area (Å²) in [5, 5.41) is 9.27. The van der Waals surface area contributed by atoms with E-state index in [9.17, 15) is 14.4 Å². The molecule has 0 spiro atoms. The fourth-order valence-electron chi connectivity index (χ4n) is 2.91. The molecule has 11 heteroatoms. The molecule has 3 aromatic carbocycles. The summed E-state index contributed by atoms with van der Waals surface area (Å²) in [5.74, 6) is -0.910. The highest BCUT2D eigenvalue weighted by Gasteiger charge is 2.15. The highest BCUT2D eigenvalue weighted by molar-refractivity contribution is 6.40. The Morgan fingerprint density at radius 3 is 2.28 bits per heavy atom. The molecule has 3 rings (SSSR count). The van der Waals surface area contributed by atoms with Gasteiger partial charge in [-0.2, -0.15) is 5.10 Å². The average molecular weight is 511 g/mol. The smallest absolute Gasteiger partial charge is 0.329 e. The summed E-state index contributed by atoms with van der Waals surface area (Å²) >= 11 is 5.91. The van der Waals surface area contributed by atoms with E-state index in [2.05, 4.69) is 21.2 Å². The lowest BCUT2D eigenvalue weighted by Gasteiger charge is -2.10. The van der Waals surface area contributed by atoms with Crippen LogP contribution in [0.4, 0.5) is 11.4 Å². The van der Waals surface area contributed by atoms with Gasteiger partial charge in [0.05, 0.1) is 31.8 Å². The fraction of sp³-hybridized carbons (Fsp3) is 0.120. The molecule has 0 fully saturated rings. The number of hydrazone groups is 1. The fourth-order valence-corrected chi connectivity index (χ4v) is 3.08. The van der Waals surface area contributed by atoms with E-state index >= 15 is 0 Å². The van der Waals surface area contributed by atoms with Crippen LogP contribution in [0.3, 0.4) is 0 Å². The van der Waals surface area contributed by atoms with Gasteiger partial charge in [0.25, 0.3) is 5.91 Å². The zero-order valence-corrected chi connectivity index (χ0v) is 20.2. The van der Waals surface area contributed by atoms with Crippen LogP contribution < -0.4 is 30.3 Å². The van der Waals surface area contributed by atoms with Gasteiger partial charge in [-0.25, -0.2) is 5.43 Å². The molecule has 186 valence electrons. The summed E-state index contributed by atoms with van der Waals surface area (Å²) < 4.78 is 15.8. The first kappa shape index (κ1) is 26.0. The number of halogens is 1. The third-order valence-corrected chi connectivity index (χ3v) is 4.86. The Labute approximate surface area is 212 Å². The van der Waals surface area contributed by atoms with Gasteiger partial charge in [0, 0.05) is 5.02 Å². The molecule has 0 radical (unpaired) electrons. The molecule has 0 aliphatic carbocycles. The van der Waals surface area contributed by atoms with Gasteiger partial charge in [-0.15, -0.1) is 0 Å². The maximum atomic E-state index is 12.1. The monoisotopic (exact) mass is 510 g/mol. The predicted molar refractivity (Wildman–Crippen MR) is 136 cm³/mol. The van der Waals surface area contributed by atoms with Crippen LogP contribution in [0.25, 0.3) is 0 Å². The maximum absolute atomic E-state index is 12.1. The molecule has 3 aromatic rings. The van der Waals surface area contributed by atoms with E-state index < -0.39 is 11.8 Å². The van der Waals surface area contributed by atoms with Crippen molar-refractivity contribution in [1.82, 2.24) is 5.43 Å². The predicted octanol–water partition coefficient (Wildman–Crippen LogP) is 3.46. The summed E-state index contributed by atoms with van der Waals surface area (Å²) in [6.07, 6.45) is 1.35. The standard InChI is InChI=1S/C25H23ClN4O6/c1-34-21-6-4-3-5-19(21)28-23(31)15-36-18-10-7-16(8-11-18)14-27-30-25(33)24(32)29-20-13-17(26)9-12-22(20)35-2/h3-14H,15H2,1-2H3,(H,28,31)(H,29,32)(H,30,33)/b27-14-. The van der Waals surface area contributed by atoms with E-state index in [1.54, 1.807) is 60.7 Å². The van der Waals surface area contributed by atoms with E-state index in [0.717, 1.165) is 0 Å². The number of anilines is 2. The lowest BCUT2D eigenvalue weighted by molar-refractivity contribution is -0.136. The Morgan fingerprint density at radius 1 is 0.861 bits per heavy atom. The number of ether oxygens (including phenoxy) is 3. The Morgan fingerprint density at radius 2 is 1.56 bits per heavy atom. The highest BCUT2D eigenvalue weighted by Crippen LogP contribution is 2.27. The van der Waals surface area contributed by atoms with Crippen LogP contribution in [0.15, 0.2) is 71.8 Å². The van der Waals surface area contributed by atoms with E-state index in [1.165, 1.54) is 26.5 Å². The molecule has 10 nitrogen and oxygen atoms in total. The van der Waals surface area contributed by atoms with Crippen molar-refractivity contribution in [2.45, 2.75) is 0 Å². The topological polar surface area (TPSA) is 127 Å². The molecule has 3 amide bonds. The zero-order valence-electron chi connectivity index (χ0n) is 19.4. The second-order valence-corrected chi connectivity index (χ2v) is 7.54. The minimum Gasteiger partial charge on any atom is -0.495 e. The number of amides is 3. The van der Waals surface area contributed by atoms with E-state index in [1.807, 2.05) is 0 Å². The molecular formula is C25H23ClN4O6. The summed E-state index contributed by atoms with van der Waals surface area (Å²) in [7, 11) is 2.95. The Hall–Kier alpha value is -4.57. The van der Waals surface area contributed by atoms with Crippen molar-refractivity contribution in [2.75, 3.05) is 31.5 Å². The molecule has 0 unspecified atom stereocenters. The Bertz CT molecular complexity index is 1260. The molecule has 0 atom stereocenters. The lowest BCUT2D eigenvalue weighted by atomic mass is 10.2. The lowest BCUT2D eigenvalue weighted by Crippen LogP contribution is -2.32. The van der Waals surface area contributed by atoms with Crippen molar-refractivity contribution >= 4 is 46.9 Å². The van der Waals surface area contributed by atoms with Crippen molar-refractivity contribution in [1.29, 1.82) is 0 Å². The second-order valence-electron chi connectivity index (χ2n) is 7.10. The molecule has 36 heavy (non-hydrogen) atoms. The quantitative estimate of drug-likeness (QED) is 0.230. The van der Waals surface area contributed by atoms with E-state index in [4.69, 9.17) is 25.8 Å². The van der Waals surface area contributed by atoms with Gasteiger partial charge in [-0.05, 0) is 60.2 Å². The molecule has 0 saturated heterocycles. The van der Waals surface area contributed by atoms with Crippen molar-refractivity contribution in [3.05, 3.63) is 77.3 Å². The first-order valence-corrected chi connectivity index (χ1v) is 10.9. The number of nitrogens with one attached hydrogen (secondary N) is 3. The average Bonchev–Trinajstić information content (AvgIpc) is 2.88. The van der Waals surface area contributed by atoms with Crippen LogP contribution in [-0.4, -0.2) is 44.8 Å². The summed E-state index contributed by atoms with van der Waals surface area (Å²) in [6, 6.07) is 18.3. The van der Waals surface area contributed by atoms with Gasteiger partial charge in [0.2, 0.25) is 0 Å². The normalized spacial score (nSPS) is 10.4. The van der Waals surface area contributed by atoms with Crippen LogP contribution in [0, 0.1) is 0 Å². The van der Waals surface area contributed by atoms with Crippen molar-refractivity contribution in [3.8, 4) is 17.2 Å². The van der Waals surface area contributed by atoms with Gasteiger partial charge in [0.1, 0.15) is 17.2 Å². The largest absolute Gasteiger partial charge is 0.495 e. The summed E-state index contributed by atoms with van der Waals surface area (Å²) in [5.41, 5.74) is 3.56. The third kappa shape index (κ3) is 7.47. The van der Waals surface area contributed by atoms with Crippen LogP contribution in [0.5, 0.6) is 17.2 Å². The van der Waals surface area contributed by atoms with Crippen LogP contribution >= 0.6 is 11.6 Å². The van der Waals surface area contributed by atoms with Gasteiger partial charge in [-0.1, -0.05) is 23.7 Å². The molecule has 0 bridgehead atoms. The van der Waals surface area contributed by atoms with Crippen molar-refractivity contribution in [2.24, 2.45) is 5.10 Å². The number of rotatable bonds is 9. The zero-order chi connectivity index (χ0) is 25.9. The number of carbonyl (C=O) groups excluding carboxylic acids is 3. The molecule has 0 aliphatic heterocycles. The minimum absolute atomic E-state index is 0.200. The third-order valence-electron chi connectivity index (χ3n) is 4.63. The molecule has 0 saturated carbocycles. The van der Waals surface area contributed by atoms with E-state index in [0.29, 0.717) is 33.5 Å². The number of hydrogen-bond donors (Lipinski definition) is 3. The molecule has 0 aromatic heterocycles.